The highest BCUT2D eigenvalue weighted by molar-refractivity contribution is 5.93. The number of hydrogen-bond acceptors (Lipinski definition) is 2. The lowest BCUT2D eigenvalue weighted by Crippen LogP contribution is -2.40. The lowest BCUT2D eigenvalue weighted by molar-refractivity contribution is 0.0911. The summed E-state index contributed by atoms with van der Waals surface area (Å²) in [7, 11) is 0. The number of nitrogens with one attached hydrogen (secondary N) is 1. The van der Waals surface area contributed by atoms with E-state index in [0.29, 0.717) is 11.6 Å². The van der Waals surface area contributed by atoms with Gasteiger partial charge >= 0.3 is 0 Å². The summed E-state index contributed by atoms with van der Waals surface area (Å²) in [5, 5.41) is 3.18. The first-order valence-corrected chi connectivity index (χ1v) is 8.36. The number of fused-ring (bicyclic) bond motifs is 3. The van der Waals surface area contributed by atoms with Gasteiger partial charge < -0.3 is 9.72 Å². The van der Waals surface area contributed by atoms with E-state index in [1.165, 1.54) is 25.7 Å². The second-order valence-electron chi connectivity index (χ2n) is 7.20. The van der Waals surface area contributed by atoms with Crippen molar-refractivity contribution in [3.05, 3.63) is 35.8 Å². The zero-order valence-electron chi connectivity index (χ0n) is 13.2. The van der Waals surface area contributed by atoms with Gasteiger partial charge in [-0.15, -0.1) is 0 Å². The molecule has 4 atom stereocenters. The fourth-order valence-electron chi connectivity index (χ4n) is 4.49. The summed E-state index contributed by atoms with van der Waals surface area (Å²) in [4.78, 5) is 16.9. The average molecular weight is 297 g/mol. The Bertz CT molecular complexity index is 720. The predicted molar refractivity (Wildman–Crippen MR) is 85.8 cm³/mol. The summed E-state index contributed by atoms with van der Waals surface area (Å²) in [5.41, 5.74) is 2.50. The third-order valence-electron chi connectivity index (χ3n) is 5.64. The van der Waals surface area contributed by atoms with Crippen LogP contribution in [0.5, 0.6) is 0 Å². The van der Waals surface area contributed by atoms with Gasteiger partial charge in [-0.05, 0) is 68.6 Å². The Labute approximate surface area is 130 Å². The lowest BCUT2D eigenvalue weighted by atomic mass is 9.84. The molecule has 2 aromatic rings. The number of amides is 1. The van der Waals surface area contributed by atoms with Gasteiger partial charge in [-0.1, -0.05) is 6.42 Å². The number of imidazole rings is 1. The molecule has 4 nitrogen and oxygen atoms in total. The molecule has 2 aliphatic rings. The van der Waals surface area contributed by atoms with Crippen molar-refractivity contribution in [2.24, 2.45) is 17.8 Å². The molecule has 4 rings (SSSR count). The van der Waals surface area contributed by atoms with E-state index in [2.05, 4.69) is 17.2 Å². The number of aryl methyl sites for hydroxylation is 1. The van der Waals surface area contributed by atoms with Gasteiger partial charge in [-0.25, -0.2) is 4.98 Å². The first-order valence-electron chi connectivity index (χ1n) is 8.36. The van der Waals surface area contributed by atoms with Gasteiger partial charge in [0, 0.05) is 18.4 Å². The van der Waals surface area contributed by atoms with E-state index in [4.69, 9.17) is 0 Å². The third kappa shape index (κ3) is 2.31. The third-order valence-corrected chi connectivity index (χ3v) is 5.64. The van der Waals surface area contributed by atoms with Crippen LogP contribution in [0.1, 0.15) is 48.7 Å². The smallest absolute Gasteiger partial charge is 0.271 e. The molecule has 2 fully saturated rings. The molecule has 2 aromatic heterocycles. The Kier molecular flexibility index (Phi) is 3.21. The SMILES string of the molecule is Cc1ccn2cc(C(=O)NC(C)C3CC4CCC3C4)nc2c1. The molecular weight excluding hydrogens is 274 g/mol. The van der Waals surface area contributed by atoms with Gasteiger partial charge in [-0.2, -0.15) is 0 Å². The van der Waals surface area contributed by atoms with E-state index in [1.807, 2.05) is 35.9 Å². The van der Waals surface area contributed by atoms with E-state index < -0.39 is 0 Å². The quantitative estimate of drug-likeness (QED) is 0.945. The van der Waals surface area contributed by atoms with Crippen molar-refractivity contribution in [3.8, 4) is 0 Å². The molecule has 0 spiro atoms. The monoisotopic (exact) mass is 297 g/mol. The van der Waals surface area contributed by atoms with Crippen LogP contribution in [0.2, 0.25) is 0 Å². The summed E-state index contributed by atoms with van der Waals surface area (Å²) in [5.74, 6) is 2.34. The lowest BCUT2D eigenvalue weighted by Gasteiger charge is -2.28. The topological polar surface area (TPSA) is 46.4 Å². The van der Waals surface area contributed by atoms with E-state index >= 15 is 0 Å². The number of rotatable bonds is 3. The molecule has 0 radical (unpaired) electrons. The van der Waals surface area contributed by atoms with E-state index in [-0.39, 0.29) is 11.9 Å². The Morgan fingerprint density at radius 3 is 3.00 bits per heavy atom. The molecular formula is C18H23N3O. The fourth-order valence-corrected chi connectivity index (χ4v) is 4.49. The summed E-state index contributed by atoms with van der Waals surface area (Å²) < 4.78 is 1.91. The minimum absolute atomic E-state index is 0.0448. The summed E-state index contributed by atoms with van der Waals surface area (Å²) >= 11 is 0. The number of carbonyl (C=O) groups excluding carboxylic acids is 1. The molecule has 2 bridgehead atoms. The number of aromatic nitrogens is 2. The van der Waals surface area contributed by atoms with Crippen LogP contribution in [0.4, 0.5) is 0 Å². The molecule has 116 valence electrons. The van der Waals surface area contributed by atoms with Crippen LogP contribution in [0, 0.1) is 24.7 Å². The van der Waals surface area contributed by atoms with Crippen molar-refractivity contribution in [1.29, 1.82) is 0 Å². The highest BCUT2D eigenvalue weighted by Crippen LogP contribution is 2.49. The van der Waals surface area contributed by atoms with Gasteiger partial charge in [-0.3, -0.25) is 4.79 Å². The normalized spacial score (nSPS) is 28.2. The molecule has 0 aromatic carbocycles. The van der Waals surface area contributed by atoms with Gasteiger partial charge in [0.2, 0.25) is 0 Å². The maximum Gasteiger partial charge on any atom is 0.271 e. The number of carbonyl (C=O) groups is 1. The molecule has 2 saturated carbocycles. The van der Waals surface area contributed by atoms with Crippen LogP contribution >= 0.6 is 0 Å². The molecule has 2 heterocycles. The highest BCUT2D eigenvalue weighted by atomic mass is 16.2. The molecule has 22 heavy (non-hydrogen) atoms. The molecule has 0 saturated heterocycles. The summed E-state index contributed by atoms with van der Waals surface area (Å²) in [6.45, 7) is 4.19. The molecule has 4 heteroatoms. The van der Waals surface area contributed by atoms with E-state index in [1.54, 1.807) is 0 Å². The second kappa shape index (κ2) is 5.11. The zero-order chi connectivity index (χ0) is 15.3. The number of nitrogens with zero attached hydrogens (tertiary/aromatic N) is 2. The average Bonchev–Trinajstić information content (AvgIpc) is 3.20. The number of pyridine rings is 1. The maximum atomic E-state index is 12.5. The standard InChI is InChI=1S/C18H23N3O/c1-11-5-6-21-10-16(20-17(21)7-11)18(22)19-12(2)15-9-13-3-4-14(15)8-13/h5-7,10,12-15H,3-4,8-9H2,1-2H3,(H,19,22). The second-order valence-corrected chi connectivity index (χ2v) is 7.20. The Hall–Kier alpha value is -1.84. The molecule has 2 aliphatic carbocycles. The van der Waals surface area contributed by atoms with Crippen LogP contribution in [0.3, 0.4) is 0 Å². The maximum absolute atomic E-state index is 12.5. The van der Waals surface area contributed by atoms with Crippen molar-refractivity contribution in [1.82, 2.24) is 14.7 Å². The highest BCUT2D eigenvalue weighted by Gasteiger charge is 2.42. The first-order chi connectivity index (χ1) is 10.6. The summed E-state index contributed by atoms with van der Waals surface area (Å²) in [6.07, 6.45) is 9.18. The molecule has 1 N–H and O–H groups in total. The largest absolute Gasteiger partial charge is 0.348 e. The minimum atomic E-state index is -0.0448. The van der Waals surface area contributed by atoms with Crippen molar-refractivity contribution < 1.29 is 4.79 Å². The van der Waals surface area contributed by atoms with Gasteiger partial charge in [0.1, 0.15) is 11.3 Å². The Morgan fingerprint density at radius 1 is 1.41 bits per heavy atom. The van der Waals surface area contributed by atoms with Gasteiger partial charge in [0.25, 0.3) is 5.91 Å². The predicted octanol–water partition coefficient (Wildman–Crippen LogP) is 3.20. The summed E-state index contributed by atoms with van der Waals surface area (Å²) in [6, 6.07) is 4.26. The fraction of sp³-hybridized carbons (Fsp3) is 0.556. The van der Waals surface area contributed by atoms with E-state index in [0.717, 1.165) is 23.0 Å². The van der Waals surface area contributed by atoms with Crippen LogP contribution < -0.4 is 5.32 Å². The van der Waals surface area contributed by atoms with Crippen molar-refractivity contribution in [3.63, 3.8) is 0 Å². The molecule has 4 unspecified atom stereocenters. The Morgan fingerprint density at radius 2 is 2.27 bits per heavy atom. The number of hydrogen-bond donors (Lipinski definition) is 1. The van der Waals surface area contributed by atoms with Gasteiger partial charge in [0.15, 0.2) is 0 Å². The van der Waals surface area contributed by atoms with Crippen LogP contribution in [-0.2, 0) is 0 Å². The van der Waals surface area contributed by atoms with Crippen molar-refractivity contribution in [2.45, 2.75) is 45.6 Å². The van der Waals surface area contributed by atoms with Crippen LogP contribution in [0.25, 0.3) is 5.65 Å². The molecule has 0 aliphatic heterocycles. The first kappa shape index (κ1) is 13.8. The molecule has 1 amide bonds. The van der Waals surface area contributed by atoms with Crippen LogP contribution in [0.15, 0.2) is 24.5 Å². The van der Waals surface area contributed by atoms with Crippen molar-refractivity contribution in [2.75, 3.05) is 0 Å². The van der Waals surface area contributed by atoms with E-state index in [9.17, 15) is 4.79 Å². The van der Waals surface area contributed by atoms with Crippen LogP contribution in [-0.4, -0.2) is 21.3 Å². The zero-order valence-corrected chi connectivity index (χ0v) is 13.2. The minimum Gasteiger partial charge on any atom is -0.348 e. The van der Waals surface area contributed by atoms with Crippen molar-refractivity contribution >= 4 is 11.6 Å². The Balaban J connectivity index is 1.48. The van der Waals surface area contributed by atoms with Gasteiger partial charge in [0.05, 0.1) is 0 Å².